The fourth-order valence-electron chi connectivity index (χ4n) is 1.82. The fourth-order valence-corrected chi connectivity index (χ4v) is 1.82. The summed E-state index contributed by atoms with van der Waals surface area (Å²) in [5, 5.41) is 0. The predicted molar refractivity (Wildman–Crippen MR) is 75.2 cm³/mol. The van der Waals surface area contributed by atoms with E-state index in [9.17, 15) is 9.59 Å². The van der Waals surface area contributed by atoms with Crippen LogP contribution in [0.15, 0.2) is 59.5 Å². The summed E-state index contributed by atoms with van der Waals surface area (Å²) < 4.78 is 1.54. The largest absolute Gasteiger partial charge is 0.315 e. The van der Waals surface area contributed by atoms with Crippen molar-refractivity contribution in [2.24, 2.45) is 0 Å². The SMILES string of the molecule is CN(C(=O)CCn1ccccc1=O)c1ccccc1. The maximum absolute atomic E-state index is 12.0. The van der Waals surface area contributed by atoms with Crippen LogP contribution in [-0.2, 0) is 11.3 Å². The van der Waals surface area contributed by atoms with Crippen molar-refractivity contribution < 1.29 is 4.79 Å². The minimum atomic E-state index is -0.0855. The van der Waals surface area contributed by atoms with Crippen molar-refractivity contribution in [2.75, 3.05) is 11.9 Å². The lowest BCUT2D eigenvalue weighted by molar-refractivity contribution is -0.118. The number of carbonyl (C=O) groups is 1. The molecule has 0 spiro atoms. The van der Waals surface area contributed by atoms with Gasteiger partial charge in [0.1, 0.15) is 0 Å². The lowest BCUT2D eigenvalue weighted by Gasteiger charge is -2.17. The van der Waals surface area contributed by atoms with E-state index in [1.165, 1.54) is 10.6 Å². The van der Waals surface area contributed by atoms with E-state index in [4.69, 9.17) is 0 Å². The van der Waals surface area contributed by atoms with Crippen LogP contribution in [0.5, 0.6) is 0 Å². The van der Waals surface area contributed by atoms with Gasteiger partial charge in [0.25, 0.3) is 5.56 Å². The van der Waals surface area contributed by atoms with Gasteiger partial charge in [-0.1, -0.05) is 24.3 Å². The molecule has 4 nitrogen and oxygen atoms in total. The predicted octanol–water partition coefficient (Wildman–Crippen LogP) is 1.90. The first-order valence-electron chi connectivity index (χ1n) is 6.15. The molecule has 0 fully saturated rings. The van der Waals surface area contributed by atoms with Crippen LogP contribution in [0.2, 0.25) is 0 Å². The summed E-state index contributed by atoms with van der Waals surface area (Å²) in [5.41, 5.74) is 0.769. The molecule has 0 atom stereocenters. The van der Waals surface area contributed by atoms with Crippen molar-refractivity contribution in [1.82, 2.24) is 4.57 Å². The highest BCUT2D eigenvalue weighted by molar-refractivity contribution is 5.92. The first kappa shape index (κ1) is 13.1. The van der Waals surface area contributed by atoms with Gasteiger partial charge in [0.05, 0.1) is 0 Å². The Morgan fingerprint density at radius 2 is 1.79 bits per heavy atom. The van der Waals surface area contributed by atoms with E-state index in [-0.39, 0.29) is 11.5 Å². The molecule has 1 aromatic carbocycles. The molecule has 1 heterocycles. The van der Waals surface area contributed by atoms with Gasteiger partial charge >= 0.3 is 0 Å². The summed E-state index contributed by atoms with van der Waals surface area (Å²) in [4.78, 5) is 25.2. The van der Waals surface area contributed by atoms with Crippen molar-refractivity contribution in [2.45, 2.75) is 13.0 Å². The Balaban J connectivity index is 1.99. The number of amides is 1. The summed E-state index contributed by atoms with van der Waals surface area (Å²) in [7, 11) is 1.74. The second-order valence-electron chi connectivity index (χ2n) is 4.27. The molecule has 1 amide bonds. The van der Waals surface area contributed by atoms with Crippen LogP contribution in [0.25, 0.3) is 0 Å². The molecule has 2 rings (SSSR count). The van der Waals surface area contributed by atoms with E-state index in [2.05, 4.69) is 0 Å². The van der Waals surface area contributed by atoms with Crippen LogP contribution in [0.4, 0.5) is 5.69 Å². The van der Waals surface area contributed by atoms with Crippen molar-refractivity contribution in [1.29, 1.82) is 0 Å². The lowest BCUT2D eigenvalue weighted by Crippen LogP contribution is -2.28. The van der Waals surface area contributed by atoms with Gasteiger partial charge in [-0.2, -0.15) is 0 Å². The topological polar surface area (TPSA) is 42.3 Å². The number of pyridine rings is 1. The van der Waals surface area contributed by atoms with E-state index in [1.807, 2.05) is 30.3 Å². The number of rotatable bonds is 4. The van der Waals surface area contributed by atoms with Gasteiger partial charge in [-0.25, -0.2) is 0 Å². The molecule has 0 aliphatic rings. The van der Waals surface area contributed by atoms with Crippen molar-refractivity contribution in [3.8, 4) is 0 Å². The molecule has 1 aromatic heterocycles. The average Bonchev–Trinajstić information content (AvgIpc) is 2.46. The summed E-state index contributed by atoms with van der Waals surface area (Å²) in [6, 6.07) is 14.4. The van der Waals surface area contributed by atoms with Crippen molar-refractivity contribution in [3.05, 3.63) is 65.1 Å². The quantitative estimate of drug-likeness (QED) is 0.838. The molecule has 0 aliphatic heterocycles. The van der Waals surface area contributed by atoms with E-state index >= 15 is 0 Å². The third-order valence-electron chi connectivity index (χ3n) is 2.98. The highest BCUT2D eigenvalue weighted by Gasteiger charge is 2.10. The van der Waals surface area contributed by atoms with Gasteiger partial charge in [-0.05, 0) is 18.2 Å². The molecule has 0 saturated heterocycles. The van der Waals surface area contributed by atoms with Crippen molar-refractivity contribution in [3.63, 3.8) is 0 Å². The Kier molecular flexibility index (Phi) is 4.13. The minimum absolute atomic E-state index is 0.0121. The molecule has 98 valence electrons. The number of hydrogen-bond acceptors (Lipinski definition) is 2. The zero-order valence-corrected chi connectivity index (χ0v) is 10.8. The summed E-state index contributed by atoms with van der Waals surface area (Å²) >= 11 is 0. The zero-order chi connectivity index (χ0) is 13.7. The van der Waals surface area contributed by atoms with Crippen molar-refractivity contribution >= 4 is 11.6 Å². The molecule has 0 unspecified atom stereocenters. The maximum atomic E-state index is 12.0. The molecule has 0 radical (unpaired) electrons. The highest BCUT2D eigenvalue weighted by atomic mass is 16.2. The molecule has 0 N–H and O–H groups in total. The Morgan fingerprint density at radius 1 is 1.11 bits per heavy atom. The number of benzene rings is 1. The molecule has 2 aromatic rings. The van der Waals surface area contributed by atoms with Crippen LogP contribution in [0.3, 0.4) is 0 Å². The molecule has 19 heavy (non-hydrogen) atoms. The number of anilines is 1. The van der Waals surface area contributed by atoms with Gasteiger partial charge in [-0.15, -0.1) is 0 Å². The first-order chi connectivity index (χ1) is 9.18. The van der Waals surface area contributed by atoms with Gasteiger partial charge in [0, 0.05) is 38.0 Å². The number of para-hydroxylation sites is 1. The minimum Gasteiger partial charge on any atom is -0.315 e. The van der Waals surface area contributed by atoms with E-state index in [1.54, 1.807) is 30.3 Å². The average molecular weight is 256 g/mol. The van der Waals surface area contributed by atoms with Gasteiger partial charge in [0.2, 0.25) is 5.91 Å². The zero-order valence-electron chi connectivity index (χ0n) is 10.8. The molecule has 0 saturated carbocycles. The lowest BCUT2D eigenvalue weighted by atomic mass is 10.2. The Morgan fingerprint density at radius 3 is 2.47 bits per heavy atom. The van der Waals surface area contributed by atoms with Gasteiger partial charge in [-0.3, -0.25) is 9.59 Å². The number of nitrogens with zero attached hydrogens (tertiary/aromatic N) is 2. The third-order valence-corrected chi connectivity index (χ3v) is 2.98. The number of aryl methyl sites for hydroxylation is 1. The Hall–Kier alpha value is -2.36. The number of carbonyl (C=O) groups excluding carboxylic acids is 1. The fraction of sp³-hybridized carbons (Fsp3) is 0.200. The monoisotopic (exact) mass is 256 g/mol. The second-order valence-corrected chi connectivity index (χ2v) is 4.27. The molecule has 4 heteroatoms. The molecular formula is C15H16N2O2. The van der Waals surface area contributed by atoms with Gasteiger partial charge in [0.15, 0.2) is 0 Å². The third kappa shape index (κ3) is 3.31. The van der Waals surface area contributed by atoms with Crippen LogP contribution < -0.4 is 10.5 Å². The van der Waals surface area contributed by atoms with E-state index < -0.39 is 0 Å². The second kappa shape index (κ2) is 6.00. The summed E-state index contributed by atoms with van der Waals surface area (Å²) in [5.74, 6) is -0.0121. The maximum Gasteiger partial charge on any atom is 0.250 e. The van der Waals surface area contributed by atoms with Crippen LogP contribution in [0, 0.1) is 0 Å². The van der Waals surface area contributed by atoms with Crippen LogP contribution in [0.1, 0.15) is 6.42 Å². The number of hydrogen-bond donors (Lipinski definition) is 0. The molecule has 0 aliphatic carbocycles. The number of aromatic nitrogens is 1. The normalized spacial score (nSPS) is 10.2. The highest BCUT2D eigenvalue weighted by Crippen LogP contribution is 2.12. The Bertz CT molecular complexity index is 605. The summed E-state index contributed by atoms with van der Waals surface area (Å²) in [6.45, 7) is 0.398. The summed E-state index contributed by atoms with van der Waals surface area (Å²) in [6.07, 6.45) is 1.99. The van der Waals surface area contributed by atoms with Crippen LogP contribution in [-0.4, -0.2) is 17.5 Å². The van der Waals surface area contributed by atoms with Crippen LogP contribution >= 0.6 is 0 Å². The van der Waals surface area contributed by atoms with Gasteiger partial charge < -0.3 is 9.47 Å². The van der Waals surface area contributed by atoms with E-state index in [0.717, 1.165) is 5.69 Å². The molecule has 0 bridgehead atoms. The molecular weight excluding hydrogens is 240 g/mol. The first-order valence-corrected chi connectivity index (χ1v) is 6.15. The standard InChI is InChI=1S/C15H16N2O2/c1-16(13-7-3-2-4-8-13)14(18)10-12-17-11-6-5-9-15(17)19/h2-9,11H,10,12H2,1H3. The smallest absolute Gasteiger partial charge is 0.250 e. The van der Waals surface area contributed by atoms with E-state index in [0.29, 0.717) is 13.0 Å². The Labute approximate surface area is 111 Å².